The summed E-state index contributed by atoms with van der Waals surface area (Å²) in [7, 11) is 0. The zero-order chi connectivity index (χ0) is 39.1. The highest BCUT2D eigenvalue weighted by atomic mass is 14.9. The summed E-state index contributed by atoms with van der Waals surface area (Å²) in [4.78, 5) is 10.7. The van der Waals surface area contributed by atoms with Crippen LogP contribution < -0.4 is 5.32 Å². The summed E-state index contributed by atoms with van der Waals surface area (Å²) in [5.74, 6) is 0. The molecule has 11 aromatic rings. The van der Waals surface area contributed by atoms with Gasteiger partial charge in [-0.05, 0) is 85.1 Å². The lowest BCUT2D eigenvalue weighted by Crippen LogP contribution is -1.99. The van der Waals surface area contributed by atoms with Crippen molar-refractivity contribution in [3.05, 3.63) is 218 Å². The summed E-state index contributed by atoms with van der Waals surface area (Å²) in [6, 6.07) is 77.5. The summed E-state index contributed by atoms with van der Waals surface area (Å²) < 4.78 is 0. The monoisotopic (exact) mass is 751 g/mol. The predicted molar refractivity (Wildman–Crippen MR) is 249 cm³/mol. The van der Waals surface area contributed by atoms with E-state index in [1.807, 2.05) is 24.3 Å². The third kappa shape index (κ3) is 6.26. The second-order valence-corrected chi connectivity index (χ2v) is 15.0. The molecule has 3 heteroatoms. The molecule has 0 fully saturated rings. The van der Waals surface area contributed by atoms with Gasteiger partial charge in [0, 0.05) is 33.5 Å². The van der Waals surface area contributed by atoms with Crippen LogP contribution in [0.3, 0.4) is 0 Å². The molecule has 0 amide bonds. The van der Waals surface area contributed by atoms with Gasteiger partial charge in [0.05, 0.1) is 22.4 Å². The molecule has 3 nitrogen and oxygen atoms in total. The number of para-hydroxylation sites is 2. The van der Waals surface area contributed by atoms with E-state index in [2.05, 4.69) is 199 Å². The average molecular weight is 752 g/mol. The first kappa shape index (κ1) is 34.4. The van der Waals surface area contributed by atoms with Gasteiger partial charge in [-0.15, -0.1) is 0 Å². The van der Waals surface area contributed by atoms with Crippen LogP contribution in [0, 0.1) is 0 Å². The van der Waals surface area contributed by atoms with E-state index < -0.39 is 0 Å². The van der Waals surface area contributed by atoms with Crippen molar-refractivity contribution in [3.8, 4) is 55.9 Å². The van der Waals surface area contributed by atoms with Gasteiger partial charge < -0.3 is 5.32 Å². The van der Waals surface area contributed by atoms with Crippen molar-refractivity contribution in [2.75, 3.05) is 5.32 Å². The summed E-state index contributed by atoms with van der Waals surface area (Å²) in [6.07, 6.45) is 0. The molecule has 10 aromatic carbocycles. The number of hydrogen-bond donors (Lipinski definition) is 1. The van der Waals surface area contributed by atoms with Gasteiger partial charge in [-0.1, -0.05) is 188 Å². The lowest BCUT2D eigenvalue weighted by Gasteiger charge is -2.19. The molecular weight excluding hydrogens is 715 g/mol. The fraction of sp³-hybridized carbons (Fsp3) is 0. The standard InChI is InChI=1S/C56H37N3/c1-2-14-37(15-3-1)38-28-30-39(31-29-38)42-19-12-20-43(36-42)55-56(59-52-27-11-10-26-51(52)58-55)49-33-35-50(47-24-9-8-23-46(47)49)57-53-34-32-41-17-5-7-22-45(41)54(53)48-25-13-18-40-16-4-6-21-44(40)48/h1-36,57H. The SMILES string of the molecule is c1ccc(-c2ccc(-c3cccc(-c4nc5ccccc5nc4-c4ccc(Nc5ccc6ccccc6c5-c5cccc6ccccc56)c5ccccc45)c3)cc2)cc1. The molecule has 0 bridgehead atoms. The third-order valence-corrected chi connectivity index (χ3v) is 11.5. The molecule has 0 saturated carbocycles. The lowest BCUT2D eigenvalue weighted by atomic mass is 9.92. The van der Waals surface area contributed by atoms with E-state index in [0.717, 1.165) is 66.8 Å². The molecule has 1 heterocycles. The largest absolute Gasteiger partial charge is 0.354 e. The van der Waals surface area contributed by atoms with Crippen LogP contribution in [0.1, 0.15) is 0 Å². The van der Waals surface area contributed by atoms with Crippen molar-refractivity contribution >= 4 is 54.7 Å². The highest BCUT2D eigenvalue weighted by Crippen LogP contribution is 2.43. The number of anilines is 2. The van der Waals surface area contributed by atoms with E-state index in [0.29, 0.717) is 0 Å². The quantitative estimate of drug-likeness (QED) is 0.176. The van der Waals surface area contributed by atoms with Crippen LogP contribution in [0.25, 0.3) is 99.2 Å². The minimum atomic E-state index is 0.852. The number of nitrogens with one attached hydrogen (secondary N) is 1. The first-order chi connectivity index (χ1) is 29.2. The van der Waals surface area contributed by atoms with Crippen LogP contribution in [-0.4, -0.2) is 9.97 Å². The van der Waals surface area contributed by atoms with Crippen molar-refractivity contribution in [2.24, 2.45) is 0 Å². The predicted octanol–water partition coefficient (Wildman–Crippen LogP) is 15.2. The molecule has 0 aliphatic rings. The lowest BCUT2D eigenvalue weighted by molar-refractivity contribution is 1.30. The van der Waals surface area contributed by atoms with E-state index in [4.69, 9.17) is 9.97 Å². The number of fused-ring (bicyclic) bond motifs is 4. The Balaban J connectivity index is 1.04. The Kier molecular flexibility index (Phi) is 8.49. The van der Waals surface area contributed by atoms with E-state index in [1.54, 1.807) is 0 Å². The zero-order valence-corrected chi connectivity index (χ0v) is 32.2. The van der Waals surface area contributed by atoms with Crippen LogP contribution in [-0.2, 0) is 0 Å². The van der Waals surface area contributed by atoms with Crippen LogP contribution in [0.15, 0.2) is 218 Å². The summed E-state index contributed by atoms with van der Waals surface area (Å²) in [6.45, 7) is 0. The summed E-state index contributed by atoms with van der Waals surface area (Å²) in [5, 5.41) is 11.0. The molecule has 276 valence electrons. The molecule has 0 spiro atoms. The maximum Gasteiger partial charge on any atom is 0.0979 e. The van der Waals surface area contributed by atoms with Gasteiger partial charge in [-0.25, -0.2) is 9.97 Å². The second-order valence-electron chi connectivity index (χ2n) is 15.0. The summed E-state index contributed by atoms with van der Waals surface area (Å²) >= 11 is 0. The first-order valence-electron chi connectivity index (χ1n) is 20.1. The first-order valence-corrected chi connectivity index (χ1v) is 20.1. The smallest absolute Gasteiger partial charge is 0.0979 e. The van der Waals surface area contributed by atoms with Crippen molar-refractivity contribution in [1.29, 1.82) is 0 Å². The third-order valence-electron chi connectivity index (χ3n) is 11.5. The molecule has 59 heavy (non-hydrogen) atoms. The Morgan fingerprint density at radius 2 is 0.814 bits per heavy atom. The van der Waals surface area contributed by atoms with Crippen molar-refractivity contribution in [1.82, 2.24) is 9.97 Å². The molecular formula is C56H37N3. The van der Waals surface area contributed by atoms with Crippen molar-refractivity contribution in [2.45, 2.75) is 0 Å². The fourth-order valence-electron chi connectivity index (χ4n) is 8.59. The Morgan fingerprint density at radius 1 is 0.288 bits per heavy atom. The van der Waals surface area contributed by atoms with Crippen LogP contribution >= 0.6 is 0 Å². The Morgan fingerprint density at radius 3 is 1.59 bits per heavy atom. The van der Waals surface area contributed by atoms with Gasteiger partial charge in [0.2, 0.25) is 0 Å². The molecule has 0 saturated heterocycles. The van der Waals surface area contributed by atoms with Gasteiger partial charge in [0.1, 0.15) is 0 Å². The van der Waals surface area contributed by atoms with E-state index in [-0.39, 0.29) is 0 Å². The van der Waals surface area contributed by atoms with Gasteiger partial charge in [-0.2, -0.15) is 0 Å². The molecule has 1 aromatic heterocycles. The van der Waals surface area contributed by atoms with Gasteiger partial charge in [-0.3, -0.25) is 0 Å². The fourth-order valence-corrected chi connectivity index (χ4v) is 8.59. The minimum Gasteiger partial charge on any atom is -0.354 e. The highest BCUT2D eigenvalue weighted by Gasteiger charge is 2.19. The van der Waals surface area contributed by atoms with E-state index >= 15 is 0 Å². The van der Waals surface area contributed by atoms with Crippen molar-refractivity contribution < 1.29 is 0 Å². The molecule has 1 N–H and O–H groups in total. The topological polar surface area (TPSA) is 37.8 Å². The number of nitrogens with zero attached hydrogens (tertiary/aromatic N) is 2. The zero-order valence-electron chi connectivity index (χ0n) is 32.2. The molecule has 0 atom stereocenters. The number of hydrogen-bond acceptors (Lipinski definition) is 3. The number of benzene rings is 10. The molecule has 0 aliphatic carbocycles. The van der Waals surface area contributed by atoms with Gasteiger partial charge in [0.25, 0.3) is 0 Å². The van der Waals surface area contributed by atoms with E-state index in [1.165, 1.54) is 43.8 Å². The van der Waals surface area contributed by atoms with Gasteiger partial charge >= 0.3 is 0 Å². The highest BCUT2D eigenvalue weighted by molar-refractivity contribution is 6.12. The average Bonchev–Trinajstić information content (AvgIpc) is 3.31. The Hall–Kier alpha value is -7.88. The Labute approximate surface area is 342 Å². The molecule has 0 aliphatic heterocycles. The maximum atomic E-state index is 5.37. The second kappa shape index (κ2) is 14.6. The van der Waals surface area contributed by atoms with Crippen molar-refractivity contribution in [3.63, 3.8) is 0 Å². The number of aromatic nitrogens is 2. The van der Waals surface area contributed by atoms with Gasteiger partial charge in [0.15, 0.2) is 0 Å². The van der Waals surface area contributed by atoms with Crippen LogP contribution in [0.2, 0.25) is 0 Å². The number of rotatable bonds is 7. The van der Waals surface area contributed by atoms with Crippen LogP contribution in [0.5, 0.6) is 0 Å². The Bertz CT molecular complexity index is 3350. The molecule has 0 radical (unpaired) electrons. The van der Waals surface area contributed by atoms with E-state index in [9.17, 15) is 0 Å². The maximum absolute atomic E-state index is 5.37. The minimum absolute atomic E-state index is 0.852. The van der Waals surface area contributed by atoms with Crippen LogP contribution in [0.4, 0.5) is 11.4 Å². The summed E-state index contributed by atoms with van der Waals surface area (Å²) in [5.41, 5.74) is 14.6. The molecule has 11 rings (SSSR count). The molecule has 0 unspecified atom stereocenters. The normalized spacial score (nSPS) is 11.4.